The van der Waals surface area contributed by atoms with Gasteiger partial charge in [-0.2, -0.15) is 9.40 Å². The first-order valence-corrected chi connectivity index (χ1v) is 9.52. The fourth-order valence-electron chi connectivity index (χ4n) is 3.01. The molecule has 0 atom stereocenters. The number of amides is 1. The highest BCUT2D eigenvalue weighted by Crippen LogP contribution is 2.26. The molecule has 1 aromatic rings. The van der Waals surface area contributed by atoms with Crippen LogP contribution in [-0.4, -0.2) is 71.8 Å². The average Bonchev–Trinajstić information content (AvgIpc) is 3.10. The van der Waals surface area contributed by atoms with Crippen LogP contribution in [0.4, 0.5) is 0 Å². The number of fused-ring (bicyclic) bond motifs is 1. The predicted octanol–water partition coefficient (Wildman–Crippen LogP) is 0.0815. The van der Waals surface area contributed by atoms with Gasteiger partial charge in [0, 0.05) is 31.7 Å². The van der Waals surface area contributed by atoms with E-state index in [4.69, 9.17) is 4.74 Å². The Morgan fingerprint density at radius 2 is 1.91 bits per heavy atom. The van der Waals surface area contributed by atoms with E-state index in [2.05, 4.69) is 5.10 Å². The number of sulfonamides is 1. The zero-order chi connectivity index (χ0) is 16.6. The van der Waals surface area contributed by atoms with Crippen LogP contribution in [0.25, 0.3) is 0 Å². The molecule has 0 spiro atoms. The Kier molecular flexibility index (Phi) is 4.33. The molecule has 0 saturated carbocycles. The Labute approximate surface area is 136 Å². The standard InChI is InChI=1S/C14H22N4O4S/c1-3-10-23(20,21)17-6-4-16(5-7-17)13(19)12-11(2)14-18(15-12)8-9-22-14/h3-10H2,1-2H3. The van der Waals surface area contributed by atoms with Gasteiger partial charge in [-0.25, -0.2) is 13.1 Å². The lowest BCUT2D eigenvalue weighted by molar-refractivity contribution is 0.0690. The van der Waals surface area contributed by atoms with E-state index in [1.807, 2.05) is 13.8 Å². The van der Waals surface area contributed by atoms with E-state index < -0.39 is 10.0 Å². The molecule has 1 aromatic heterocycles. The summed E-state index contributed by atoms with van der Waals surface area (Å²) < 4.78 is 32.8. The molecule has 0 aromatic carbocycles. The topological polar surface area (TPSA) is 84.7 Å². The lowest BCUT2D eigenvalue weighted by Gasteiger charge is -2.33. The summed E-state index contributed by atoms with van der Waals surface area (Å²) >= 11 is 0. The largest absolute Gasteiger partial charge is 0.476 e. The zero-order valence-corrected chi connectivity index (χ0v) is 14.3. The monoisotopic (exact) mass is 342 g/mol. The second-order valence-electron chi connectivity index (χ2n) is 5.86. The minimum atomic E-state index is -3.20. The van der Waals surface area contributed by atoms with Crippen molar-refractivity contribution in [2.24, 2.45) is 0 Å². The van der Waals surface area contributed by atoms with Crippen molar-refractivity contribution in [1.29, 1.82) is 0 Å². The lowest BCUT2D eigenvalue weighted by Crippen LogP contribution is -2.51. The Bertz CT molecular complexity index is 705. The van der Waals surface area contributed by atoms with Gasteiger partial charge in [0.2, 0.25) is 15.9 Å². The van der Waals surface area contributed by atoms with Gasteiger partial charge in [0.25, 0.3) is 5.91 Å². The number of nitrogens with zero attached hydrogens (tertiary/aromatic N) is 4. The number of ether oxygens (including phenoxy) is 1. The molecular formula is C14H22N4O4S. The van der Waals surface area contributed by atoms with Crippen molar-refractivity contribution >= 4 is 15.9 Å². The van der Waals surface area contributed by atoms with Gasteiger partial charge in [-0.1, -0.05) is 6.92 Å². The molecule has 0 unspecified atom stereocenters. The molecule has 0 N–H and O–H groups in total. The highest BCUT2D eigenvalue weighted by Gasteiger charge is 2.32. The maximum Gasteiger partial charge on any atom is 0.274 e. The summed E-state index contributed by atoms with van der Waals surface area (Å²) in [6, 6.07) is 0. The maximum absolute atomic E-state index is 12.6. The second kappa shape index (κ2) is 6.12. The number of piperazine rings is 1. The van der Waals surface area contributed by atoms with Gasteiger partial charge in [0.1, 0.15) is 6.61 Å². The molecule has 0 bridgehead atoms. The van der Waals surface area contributed by atoms with Gasteiger partial charge in [0.15, 0.2) is 5.69 Å². The molecule has 1 amide bonds. The molecule has 3 rings (SSSR count). The summed E-state index contributed by atoms with van der Waals surface area (Å²) in [5.41, 5.74) is 1.16. The first kappa shape index (κ1) is 16.3. The van der Waals surface area contributed by atoms with Crippen LogP contribution in [0.5, 0.6) is 5.88 Å². The molecule has 8 nitrogen and oxygen atoms in total. The van der Waals surface area contributed by atoms with Crippen molar-refractivity contribution in [3.8, 4) is 5.88 Å². The van der Waals surface area contributed by atoms with Crippen molar-refractivity contribution in [3.63, 3.8) is 0 Å². The van der Waals surface area contributed by atoms with Crippen molar-refractivity contribution < 1.29 is 17.9 Å². The third-order valence-corrected chi connectivity index (χ3v) is 6.33. The molecule has 1 saturated heterocycles. The molecule has 2 aliphatic rings. The van der Waals surface area contributed by atoms with Crippen molar-refractivity contribution in [2.75, 3.05) is 38.5 Å². The zero-order valence-electron chi connectivity index (χ0n) is 13.5. The lowest BCUT2D eigenvalue weighted by atomic mass is 10.2. The van der Waals surface area contributed by atoms with Crippen molar-refractivity contribution in [2.45, 2.75) is 26.8 Å². The van der Waals surface area contributed by atoms with E-state index in [9.17, 15) is 13.2 Å². The van der Waals surface area contributed by atoms with E-state index in [1.54, 1.807) is 9.58 Å². The van der Waals surface area contributed by atoms with Gasteiger partial charge in [-0.15, -0.1) is 0 Å². The van der Waals surface area contributed by atoms with Crippen LogP contribution in [0.2, 0.25) is 0 Å². The number of hydrogen-bond acceptors (Lipinski definition) is 5. The van der Waals surface area contributed by atoms with Crippen LogP contribution < -0.4 is 4.74 Å². The number of aromatic nitrogens is 2. The van der Waals surface area contributed by atoms with E-state index >= 15 is 0 Å². The minimum absolute atomic E-state index is 0.152. The number of hydrogen-bond donors (Lipinski definition) is 0. The fraction of sp³-hybridized carbons (Fsp3) is 0.714. The molecule has 128 valence electrons. The Balaban J connectivity index is 1.67. The molecule has 0 radical (unpaired) electrons. The normalized spacial score (nSPS) is 18.8. The van der Waals surface area contributed by atoms with E-state index in [0.717, 1.165) is 5.56 Å². The smallest absolute Gasteiger partial charge is 0.274 e. The van der Waals surface area contributed by atoms with Crippen LogP contribution in [-0.2, 0) is 16.6 Å². The van der Waals surface area contributed by atoms with Crippen LogP contribution >= 0.6 is 0 Å². The summed E-state index contributed by atoms with van der Waals surface area (Å²) in [7, 11) is -3.20. The van der Waals surface area contributed by atoms with Crippen molar-refractivity contribution in [1.82, 2.24) is 19.0 Å². The third kappa shape index (κ3) is 2.94. The quantitative estimate of drug-likeness (QED) is 0.774. The average molecular weight is 342 g/mol. The van der Waals surface area contributed by atoms with Crippen LogP contribution in [0.15, 0.2) is 0 Å². The molecule has 1 fully saturated rings. The van der Waals surface area contributed by atoms with Crippen molar-refractivity contribution in [3.05, 3.63) is 11.3 Å². The predicted molar refractivity (Wildman–Crippen MR) is 84.0 cm³/mol. The highest BCUT2D eigenvalue weighted by atomic mass is 32.2. The third-order valence-electron chi connectivity index (χ3n) is 4.26. The number of carbonyl (C=O) groups is 1. The summed E-state index contributed by atoms with van der Waals surface area (Å²) in [5, 5.41) is 4.33. The number of rotatable bonds is 4. The summed E-state index contributed by atoms with van der Waals surface area (Å²) in [6.45, 7) is 6.40. The van der Waals surface area contributed by atoms with Gasteiger partial charge in [-0.3, -0.25) is 4.79 Å². The molecular weight excluding hydrogens is 320 g/mol. The van der Waals surface area contributed by atoms with E-state index in [1.165, 1.54) is 4.31 Å². The molecule has 0 aliphatic carbocycles. The second-order valence-corrected chi connectivity index (χ2v) is 7.95. The van der Waals surface area contributed by atoms with Crippen LogP contribution in [0.1, 0.15) is 29.4 Å². The Morgan fingerprint density at radius 3 is 2.52 bits per heavy atom. The molecule has 23 heavy (non-hydrogen) atoms. The Hall–Kier alpha value is -1.61. The Morgan fingerprint density at radius 1 is 1.22 bits per heavy atom. The summed E-state index contributed by atoms with van der Waals surface area (Å²) in [5.74, 6) is 0.670. The summed E-state index contributed by atoms with van der Waals surface area (Å²) in [6.07, 6.45) is 0.598. The number of carbonyl (C=O) groups excluding carboxylic acids is 1. The van der Waals surface area contributed by atoms with Crippen LogP contribution in [0.3, 0.4) is 0 Å². The first-order chi connectivity index (χ1) is 10.9. The molecule has 3 heterocycles. The SMILES string of the molecule is CCCS(=O)(=O)N1CCN(C(=O)c2nn3c(c2C)OCC3)CC1. The molecule has 9 heteroatoms. The first-order valence-electron chi connectivity index (χ1n) is 7.91. The van der Waals surface area contributed by atoms with Crippen LogP contribution in [0, 0.1) is 6.92 Å². The maximum atomic E-state index is 12.6. The van der Waals surface area contributed by atoms with Gasteiger partial charge >= 0.3 is 0 Å². The van der Waals surface area contributed by atoms with Gasteiger partial charge in [0.05, 0.1) is 12.3 Å². The fourth-order valence-corrected chi connectivity index (χ4v) is 4.50. The van der Waals surface area contributed by atoms with Gasteiger partial charge in [-0.05, 0) is 13.3 Å². The highest BCUT2D eigenvalue weighted by molar-refractivity contribution is 7.89. The minimum Gasteiger partial charge on any atom is -0.476 e. The van der Waals surface area contributed by atoms with Gasteiger partial charge < -0.3 is 9.64 Å². The summed E-state index contributed by atoms with van der Waals surface area (Å²) in [4.78, 5) is 14.3. The molecule has 2 aliphatic heterocycles. The van der Waals surface area contributed by atoms with E-state index in [-0.39, 0.29) is 11.7 Å². The van der Waals surface area contributed by atoms with E-state index in [0.29, 0.717) is 57.3 Å².